The zero-order valence-electron chi connectivity index (χ0n) is 15.3. The highest BCUT2D eigenvalue weighted by Crippen LogP contribution is 2.16. The predicted molar refractivity (Wildman–Crippen MR) is 114 cm³/mol. The van der Waals surface area contributed by atoms with Crippen LogP contribution >= 0.6 is 12.2 Å². The number of sulfonamides is 1. The molecule has 0 spiro atoms. The van der Waals surface area contributed by atoms with Crippen molar-refractivity contribution in [1.82, 2.24) is 15.3 Å². The molecular weight excluding hydrogens is 410 g/mol. The third-order valence-corrected chi connectivity index (χ3v) is 5.30. The van der Waals surface area contributed by atoms with Crippen LogP contribution in [0.25, 0.3) is 0 Å². The number of rotatable bonds is 5. The van der Waals surface area contributed by atoms with E-state index in [1.807, 2.05) is 19.1 Å². The van der Waals surface area contributed by atoms with Gasteiger partial charge in [0.15, 0.2) is 5.11 Å². The molecule has 0 aliphatic heterocycles. The number of anilines is 2. The molecule has 29 heavy (non-hydrogen) atoms. The lowest BCUT2D eigenvalue weighted by Gasteiger charge is -2.11. The molecule has 2 aromatic carbocycles. The van der Waals surface area contributed by atoms with Crippen LogP contribution in [0.15, 0.2) is 71.9 Å². The third-order valence-electron chi connectivity index (χ3n) is 3.75. The molecule has 1 aromatic heterocycles. The van der Waals surface area contributed by atoms with E-state index >= 15 is 0 Å². The number of carbonyl (C=O) groups is 1. The van der Waals surface area contributed by atoms with Crippen molar-refractivity contribution in [3.63, 3.8) is 0 Å². The van der Waals surface area contributed by atoms with Gasteiger partial charge in [-0.2, -0.15) is 0 Å². The molecule has 3 rings (SSSR count). The van der Waals surface area contributed by atoms with Gasteiger partial charge >= 0.3 is 0 Å². The average molecular weight is 428 g/mol. The number of amides is 1. The number of nitrogens with zero attached hydrogens (tertiary/aromatic N) is 2. The molecule has 1 heterocycles. The van der Waals surface area contributed by atoms with E-state index in [1.165, 1.54) is 36.7 Å². The minimum atomic E-state index is -3.82. The molecule has 0 fully saturated rings. The number of aryl methyl sites for hydroxylation is 1. The van der Waals surface area contributed by atoms with Gasteiger partial charge in [0.2, 0.25) is 5.95 Å². The molecule has 0 aliphatic carbocycles. The van der Waals surface area contributed by atoms with Crippen LogP contribution in [0.2, 0.25) is 0 Å². The van der Waals surface area contributed by atoms with Crippen LogP contribution in [0, 0.1) is 6.92 Å². The highest BCUT2D eigenvalue weighted by Gasteiger charge is 2.15. The van der Waals surface area contributed by atoms with Gasteiger partial charge in [-0.3, -0.25) is 10.1 Å². The van der Waals surface area contributed by atoms with E-state index in [0.29, 0.717) is 11.3 Å². The van der Waals surface area contributed by atoms with Crippen molar-refractivity contribution in [2.75, 3.05) is 10.0 Å². The van der Waals surface area contributed by atoms with Crippen LogP contribution in [-0.2, 0) is 10.0 Å². The normalized spacial score (nSPS) is 10.8. The molecule has 0 radical (unpaired) electrons. The van der Waals surface area contributed by atoms with E-state index in [-0.39, 0.29) is 21.9 Å². The molecule has 0 atom stereocenters. The molecule has 1 amide bonds. The fourth-order valence-electron chi connectivity index (χ4n) is 2.29. The van der Waals surface area contributed by atoms with E-state index in [1.54, 1.807) is 18.2 Å². The Morgan fingerprint density at radius 3 is 2.21 bits per heavy atom. The van der Waals surface area contributed by atoms with Crippen LogP contribution in [-0.4, -0.2) is 29.4 Å². The molecule has 0 saturated carbocycles. The second-order valence-electron chi connectivity index (χ2n) is 5.98. The van der Waals surface area contributed by atoms with E-state index in [9.17, 15) is 13.2 Å². The number of carbonyl (C=O) groups excluding carboxylic acids is 1. The topological polar surface area (TPSA) is 113 Å². The first-order chi connectivity index (χ1) is 13.8. The number of nitrogens with one attached hydrogen (secondary N) is 3. The smallest absolute Gasteiger partial charge is 0.264 e. The Hall–Kier alpha value is -3.37. The standard InChI is InChI=1S/C19H17N5O3S2/c1-13-3-5-14(6-4-13)17(25)23-19(28)22-15-7-9-16(10-8-15)29(26,27)24-18-20-11-2-12-21-18/h2-12H,1H3,(H,20,21,24)(H2,22,23,25,28). The summed E-state index contributed by atoms with van der Waals surface area (Å²) in [6.07, 6.45) is 2.87. The number of hydrogen-bond donors (Lipinski definition) is 3. The fourth-order valence-corrected chi connectivity index (χ4v) is 3.46. The Labute approximate surface area is 173 Å². The van der Waals surface area contributed by atoms with Crippen molar-refractivity contribution in [1.29, 1.82) is 0 Å². The van der Waals surface area contributed by atoms with Crippen molar-refractivity contribution in [3.8, 4) is 0 Å². The van der Waals surface area contributed by atoms with Crippen LogP contribution in [0.5, 0.6) is 0 Å². The van der Waals surface area contributed by atoms with E-state index in [2.05, 4.69) is 25.3 Å². The molecule has 3 N–H and O–H groups in total. The maximum absolute atomic E-state index is 12.4. The highest BCUT2D eigenvalue weighted by molar-refractivity contribution is 7.92. The second kappa shape index (κ2) is 8.76. The molecule has 10 heteroatoms. The lowest BCUT2D eigenvalue weighted by Crippen LogP contribution is -2.34. The summed E-state index contributed by atoms with van der Waals surface area (Å²) in [6, 6.07) is 14.5. The maximum Gasteiger partial charge on any atom is 0.264 e. The molecule has 0 aliphatic rings. The number of thiocarbonyl (C=S) groups is 1. The first kappa shape index (κ1) is 20.4. The Kier molecular flexibility index (Phi) is 6.15. The summed E-state index contributed by atoms with van der Waals surface area (Å²) in [7, 11) is -3.82. The van der Waals surface area contributed by atoms with Crippen LogP contribution < -0.4 is 15.4 Å². The molecule has 0 saturated heterocycles. The molecule has 0 unspecified atom stereocenters. The summed E-state index contributed by atoms with van der Waals surface area (Å²) in [6.45, 7) is 1.93. The van der Waals surface area contributed by atoms with Gasteiger partial charge in [-0.25, -0.2) is 23.1 Å². The first-order valence-electron chi connectivity index (χ1n) is 8.42. The lowest BCUT2D eigenvalue weighted by molar-refractivity contribution is 0.0977. The van der Waals surface area contributed by atoms with Gasteiger partial charge in [0.25, 0.3) is 15.9 Å². The molecule has 148 valence electrons. The number of benzene rings is 2. The molecule has 8 nitrogen and oxygen atoms in total. The van der Waals surface area contributed by atoms with Crippen LogP contribution in [0.4, 0.5) is 11.6 Å². The van der Waals surface area contributed by atoms with Gasteiger partial charge in [0.05, 0.1) is 4.90 Å². The minimum Gasteiger partial charge on any atom is -0.332 e. The summed E-state index contributed by atoms with van der Waals surface area (Å²) in [5.74, 6) is -0.358. The third kappa shape index (κ3) is 5.56. The zero-order chi connectivity index (χ0) is 20.9. The van der Waals surface area contributed by atoms with Crippen LogP contribution in [0.1, 0.15) is 15.9 Å². The second-order valence-corrected chi connectivity index (χ2v) is 8.07. The van der Waals surface area contributed by atoms with Crippen molar-refractivity contribution in [3.05, 3.63) is 78.1 Å². The highest BCUT2D eigenvalue weighted by atomic mass is 32.2. The van der Waals surface area contributed by atoms with Crippen molar-refractivity contribution in [2.24, 2.45) is 0 Å². The van der Waals surface area contributed by atoms with E-state index < -0.39 is 10.0 Å². The quantitative estimate of drug-likeness (QED) is 0.537. The number of hydrogen-bond acceptors (Lipinski definition) is 6. The Morgan fingerprint density at radius 2 is 1.59 bits per heavy atom. The monoisotopic (exact) mass is 427 g/mol. The van der Waals surface area contributed by atoms with E-state index in [4.69, 9.17) is 12.2 Å². The minimum absolute atomic E-state index is 0.0188. The Balaban J connectivity index is 1.62. The zero-order valence-corrected chi connectivity index (χ0v) is 16.9. The lowest BCUT2D eigenvalue weighted by atomic mass is 10.1. The molecule has 3 aromatic rings. The van der Waals surface area contributed by atoms with Crippen LogP contribution in [0.3, 0.4) is 0 Å². The maximum atomic E-state index is 12.4. The summed E-state index contributed by atoms with van der Waals surface area (Å²) in [4.78, 5) is 19.9. The van der Waals surface area contributed by atoms with Gasteiger partial charge in [0, 0.05) is 23.6 Å². The fraction of sp³-hybridized carbons (Fsp3) is 0.0526. The van der Waals surface area contributed by atoms with Gasteiger partial charge < -0.3 is 5.32 Å². The van der Waals surface area contributed by atoms with Gasteiger partial charge in [-0.1, -0.05) is 17.7 Å². The summed E-state index contributed by atoms with van der Waals surface area (Å²) < 4.78 is 27.0. The largest absolute Gasteiger partial charge is 0.332 e. The molecule has 0 bridgehead atoms. The number of aromatic nitrogens is 2. The summed E-state index contributed by atoms with van der Waals surface area (Å²) in [5, 5.41) is 5.52. The summed E-state index contributed by atoms with van der Waals surface area (Å²) in [5.41, 5.74) is 2.05. The molecular formula is C19H17N5O3S2. The average Bonchev–Trinajstić information content (AvgIpc) is 2.69. The van der Waals surface area contributed by atoms with Gasteiger partial charge in [0.1, 0.15) is 0 Å². The Morgan fingerprint density at radius 1 is 0.966 bits per heavy atom. The Bertz CT molecular complexity index is 1120. The summed E-state index contributed by atoms with van der Waals surface area (Å²) >= 11 is 5.14. The predicted octanol–water partition coefficient (Wildman–Crippen LogP) is 2.71. The van der Waals surface area contributed by atoms with Gasteiger partial charge in [-0.15, -0.1) is 0 Å². The van der Waals surface area contributed by atoms with E-state index in [0.717, 1.165) is 5.56 Å². The first-order valence-corrected chi connectivity index (χ1v) is 10.3. The van der Waals surface area contributed by atoms with Gasteiger partial charge in [-0.05, 0) is 61.6 Å². The van der Waals surface area contributed by atoms with Crippen molar-refractivity contribution < 1.29 is 13.2 Å². The van der Waals surface area contributed by atoms with Crippen molar-refractivity contribution >= 4 is 44.9 Å². The SMILES string of the molecule is Cc1ccc(C(=O)NC(=S)Nc2ccc(S(=O)(=O)Nc3ncccn3)cc2)cc1. The van der Waals surface area contributed by atoms with Crippen molar-refractivity contribution in [2.45, 2.75) is 11.8 Å².